The third kappa shape index (κ3) is 4.64. The number of nitrogens with two attached hydrogens (primary N) is 1. The zero-order valence-corrected chi connectivity index (χ0v) is 12.3. The van der Waals surface area contributed by atoms with Gasteiger partial charge >= 0.3 is 11.9 Å². The molecule has 0 heterocycles. The molecule has 0 radical (unpaired) electrons. The maximum absolute atomic E-state index is 12.4. The summed E-state index contributed by atoms with van der Waals surface area (Å²) in [6.07, 6.45) is 0. The molecule has 8 heteroatoms. The minimum Gasteiger partial charge on any atom is -0.468 e. The monoisotopic (exact) mass is 314 g/mol. The second-order valence-electron chi connectivity index (χ2n) is 4.05. The number of hydrogen-bond acceptors (Lipinski definition) is 6. The highest BCUT2D eigenvalue weighted by molar-refractivity contribution is 6.31. The lowest BCUT2D eigenvalue weighted by Crippen LogP contribution is -2.40. The summed E-state index contributed by atoms with van der Waals surface area (Å²) in [7, 11) is 2.35. The third-order valence-electron chi connectivity index (χ3n) is 2.63. The van der Waals surface area contributed by atoms with Crippen LogP contribution in [0.5, 0.6) is 0 Å². The summed E-state index contributed by atoms with van der Waals surface area (Å²) >= 11 is 5.82. The molecule has 1 aromatic carbocycles. The molecule has 0 aromatic heterocycles. The maximum atomic E-state index is 12.4. The predicted octanol–water partition coefficient (Wildman–Crippen LogP) is 0.710. The van der Waals surface area contributed by atoms with Gasteiger partial charge in [-0.3, -0.25) is 14.4 Å². The highest BCUT2D eigenvalue weighted by atomic mass is 35.5. The lowest BCUT2D eigenvalue weighted by molar-refractivity contribution is -0.144. The zero-order valence-electron chi connectivity index (χ0n) is 11.6. The van der Waals surface area contributed by atoms with E-state index in [1.807, 2.05) is 0 Å². The first kappa shape index (κ1) is 16.8. The molecule has 0 unspecified atom stereocenters. The number of nitrogens with zero attached hydrogens (tertiary/aromatic N) is 1. The van der Waals surface area contributed by atoms with E-state index in [-0.39, 0.29) is 11.3 Å². The number of nitrogen functional groups attached to an aromatic ring is 1. The largest absolute Gasteiger partial charge is 0.468 e. The van der Waals surface area contributed by atoms with E-state index in [9.17, 15) is 14.4 Å². The molecule has 21 heavy (non-hydrogen) atoms. The van der Waals surface area contributed by atoms with Gasteiger partial charge in [-0.05, 0) is 18.2 Å². The van der Waals surface area contributed by atoms with Gasteiger partial charge in [-0.2, -0.15) is 0 Å². The highest BCUT2D eigenvalue weighted by Gasteiger charge is 2.24. The number of esters is 2. The minimum atomic E-state index is -0.673. The Morgan fingerprint density at radius 3 is 2.14 bits per heavy atom. The Bertz CT molecular complexity index is 543. The summed E-state index contributed by atoms with van der Waals surface area (Å²) in [6.45, 7) is -0.813. The summed E-state index contributed by atoms with van der Waals surface area (Å²) in [5.74, 6) is -1.97. The summed E-state index contributed by atoms with van der Waals surface area (Å²) in [5.41, 5.74) is 5.99. The number of rotatable bonds is 5. The van der Waals surface area contributed by atoms with E-state index in [0.717, 1.165) is 4.90 Å². The van der Waals surface area contributed by atoms with Crippen LogP contribution in [0, 0.1) is 0 Å². The van der Waals surface area contributed by atoms with Crippen LogP contribution in [-0.2, 0) is 19.1 Å². The van der Waals surface area contributed by atoms with E-state index in [4.69, 9.17) is 17.3 Å². The summed E-state index contributed by atoms with van der Waals surface area (Å²) in [4.78, 5) is 36.1. The standard InChI is InChI=1S/C13H15ClN2O5/c1-20-11(17)6-16(7-12(18)21-2)13(19)9-5-8(14)3-4-10(9)15/h3-5H,6-7,15H2,1-2H3. The summed E-state index contributed by atoms with van der Waals surface area (Å²) in [5, 5.41) is 0.309. The Morgan fingerprint density at radius 2 is 1.67 bits per heavy atom. The van der Waals surface area contributed by atoms with E-state index in [0.29, 0.717) is 5.02 Å². The lowest BCUT2D eigenvalue weighted by atomic mass is 10.1. The first-order valence-electron chi connectivity index (χ1n) is 5.87. The highest BCUT2D eigenvalue weighted by Crippen LogP contribution is 2.19. The van der Waals surface area contributed by atoms with E-state index in [1.165, 1.54) is 32.4 Å². The normalized spacial score (nSPS) is 9.86. The van der Waals surface area contributed by atoms with Crippen molar-refractivity contribution in [2.75, 3.05) is 33.0 Å². The number of benzene rings is 1. The molecule has 0 aliphatic rings. The van der Waals surface area contributed by atoms with Crippen molar-refractivity contribution >= 4 is 35.1 Å². The summed E-state index contributed by atoms with van der Waals surface area (Å²) < 4.78 is 8.99. The van der Waals surface area contributed by atoms with Crippen LogP contribution in [0.3, 0.4) is 0 Å². The van der Waals surface area contributed by atoms with E-state index >= 15 is 0 Å². The van der Waals surface area contributed by atoms with Crippen LogP contribution in [-0.4, -0.2) is 50.1 Å². The molecule has 7 nitrogen and oxygen atoms in total. The number of ether oxygens (including phenoxy) is 2. The number of carbonyl (C=O) groups is 3. The Kier molecular flexibility index (Phi) is 5.98. The Labute approximate surface area is 126 Å². The molecule has 0 aliphatic heterocycles. The number of anilines is 1. The van der Waals surface area contributed by atoms with Crippen molar-refractivity contribution in [2.24, 2.45) is 0 Å². The molecule has 0 saturated carbocycles. The molecule has 0 spiro atoms. The fourth-order valence-corrected chi connectivity index (χ4v) is 1.70. The molecule has 1 aromatic rings. The summed E-state index contributed by atoms with van der Waals surface area (Å²) in [6, 6.07) is 4.35. The fraction of sp³-hybridized carbons (Fsp3) is 0.308. The number of halogens is 1. The molecule has 0 fully saturated rings. The van der Waals surface area contributed by atoms with Crippen LogP contribution in [0.4, 0.5) is 5.69 Å². The first-order valence-corrected chi connectivity index (χ1v) is 6.24. The topological polar surface area (TPSA) is 98.9 Å². The van der Waals surface area contributed by atoms with Gasteiger partial charge in [0.05, 0.1) is 19.8 Å². The number of hydrogen-bond donors (Lipinski definition) is 1. The quantitative estimate of drug-likeness (QED) is 0.635. The van der Waals surface area contributed by atoms with Crippen molar-refractivity contribution in [1.82, 2.24) is 4.90 Å². The van der Waals surface area contributed by atoms with Crippen LogP contribution in [0.1, 0.15) is 10.4 Å². The minimum absolute atomic E-state index is 0.0929. The van der Waals surface area contributed by atoms with Gasteiger partial charge in [-0.15, -0.1) is 0 Å². The molecule has 0 atom stereocenters. The van der Waals surface area contributed by atoms with Gasteiger partial charge in [0, 0.05) is 10.7 Å². The van der Waals surface area contributed by atoms with E-state index in [1.54, 1.807) is 0 Å². The Morgan fingerprint density at radius 1 is 1.14 bits per heavy atom. The second-order valence-corrected chi connectivity index (χ2v) is 4.48. The first-order chi connectivity index (χ1) is 9.88. The zero-order chi connectivity index (χ0) is 16.0. The molecular formula is C13H15ClN2O5. The van der Waals surface area contributed by atoms with Crippen molar-refractivity contribution in [1.29, 1.82) is 0 Å². The number of carbonyl (C=O) groups excluding carboxylic acids is 3. The van der Waals surface area contributed by atoms with E-state index < -0.39 is 30.9 Å². The molecule has 0 aliphatic carbocycles. The Balaban J connectivity index is 3.05. The fourth-order valence-electron chi connectivity index (χ4n) is 1.52. The molecule has 2 N–H and O–H groups in total. The number of methoxy groups -OCH3 is 2. The molecular weight excluding hydrogens is 300 g/mol. The van der Waals surface area contributed by atoms with Gasteiger partial charge in [0.25, 0.3) is 5.91 Å². The average Bonchev–Trinajstić information content (AvgIpc) is 2.47. The average molecular weight is 315 g/mol. The van der Waals surface area contributed by atoms with E-state index in [2.05, 4.69) is 9.47 Å². The van der Waals surface area contributed by atoms with Gasteiger partial charge in [0.1, 0.15) is 13.1 Å². The van der Waals surface area contributed by atoms with Gasteiger partial charge in [0.15, 0.2) is 0 Å². The molecule has 0 bridgehead atoms. The van der Waals surface area contributed by atoms with Crippen molar-refractivity contribution in [3.05, 3.63) is 28.8 Å². The van der Waals surface area contributed by atoms with Crippen LogP contribution in [0.2, 0.25) is 5.02 Å². The molecule has 1 rings (SSSR count). The SMILES string of the molecule is COC(=O)CN(CC(=O)OC)C(=O)c1cc(Cl)ccc1N. The van der Waals surface area contributed by atoms with Gasteiger partial charge in [-0.1, -0.05) is 11.6 Å². The van der Waals surface area contributed by atoms with Gasteiger partial charge in [-0.25, -0.2) is 0 Å². The Hall–Kier alpha value is -2.28. The van der Waals surface area contributed by atoms with Crippen molar-refractivity contribution < 1.29 is 23.9 Å². The lowest BCUT2D eigenvalue weighted by Gasteiger charge is -2.21. The third-order valence-corrected chi connectivity index (χ3v) is 2.86. The maximum Gasteiger partial charge on any atom is 0.325 e. The van der Waals surface area contributed by atoms with Crippen molar-refractivity contribution in [3.63, 3.8) is 0 Å². The molecule has 114 valence electrons. The van der Waals surface area contributed by atoms with Crippen molar-refractivity contribution in [3.8, 4) is 0 Å². The van der Waals surface area contributed by atoms with Gasteiger partial charge in [0.2, 0.25) is 0 Å². The van der Waals surface area contributed by atoms with Crippen LogP contribution in [0.15, 0.2) is 18.2 Å². The number of amides is 1. The molecule has 0 saturated heterocycles. The van der Waals surface area contributed by atoms with Crippen molar-refractivity contribution in [2.45, 2.75) is 0 Å². The van der Waals surface area contributed by atoms with Crippen LogP contribution in [0.25, 0.3) is 0 Å². The van der Waals surface area contributed by atoms with Crippen LogP contribution < -0.4 is 5.73 Å². The van der Waals surface area contributed by atoms with Crippen LogP contribution >= 0.6 is 11.6 Å². The molecule has 1 amide bonds. The predicted molar refractivity (Wildman–Crippen MR) is 75.8 cm³/mol. The second kappa shape index (κ2) is 7.49. The smallest absolute Gasteiger partial charge is 0.325 e. The van der Waals surface area contributed by atoms with Gasteiger partial charge < -0.3 is 20.1 Å².